The lowest BCUT2D eigenvalue weighted by molar-refractivity contribution is -0.136. The molecule has 0 saturated heterocycles. The van der Waals surface area contributed by atoms with Crippen LogP contribution >= 0.6 is 11.6 Å². The van der Waals surface area contributed by atoms with Gasteiger partial charge >= 0.3 is 5.97 Å². The molecule has 8 nitrogen and oxygen atoms in total. The maximum atomic E-state index is 12.1. The van der Waals surface area contributed by atoms with Crippen molar-refractivity contribution in [2.24, 2.45) is 16.6 Å². The number of methoxy groups -OCH3 is 1. The summed E-state index contributed by atoms with van der Waals surface area (Å²) in [6.45, 7) is 5.35. The molecule has 4 N–H and O–H groups in total. The Morgan fingerprint density at radius 2 is 2.00 bits per heavy atom. The first kappa shape index (κ1) is 26.0. The second-order valence-corrected chi connectivity index (χ2v) is 8.68. The molecule has 0 saturated carbocycles. The molecule has 3 rings (SSSR count). The van der Waals surface area contributed by atoms with Crippen LogP contribution in [0.15, 0.2) is 70.5 Å². The van der Waals surface area contributed by atoms with Crippen molar-refractivity contribution in [2.75, 3.05) is 27.3 Å². The SMILES string of the molecule is CNC1=C(C(N)=Nc2ccc(Oc3cccc(OCC(C)C)c3)c(Cl)c2)C=C(C(=O)OC)CCN1. The maximum Gasteiger partial charge on any atom is 0.333 e. The first-order valence-corrected chi connectivity index (χ1v) is 11.7. The average Bonchev–Trinajstić information content (AvgIpc) is 3.07. The highest BCUT2D eigenvalue weighted by atomic mass is 35.5. The van der Waals surface area contributed by atoms with Gasteiger partial charge in [0.1, 0.15) is 28.9 Å². The van der Waals surface area contributed by atoms with Crippen LogP contribution < -0.4 is 25.8 Å². The number of ether oxygens (including phenoxy) is 3. The van der Waals surface area contributed by atoms with Crippen LogP contribution in [0.1, 0.15) is 20.3 Å². The summed E-state index contributed by atoms with van der Waals surface area (Å²) < 4.78 is 16.6. The summed E-state index contributed by atoms with van der Waals surface area (Å²) >= 11 is 6.48. The van der Waals surface area contributed by atoms with Gasteiger partial charge in [-0.3, -0.25) is 0 Å². The van der Waals surface area contributed by atoms with Gasteiger partial charge in [-0.2, -0.15) is 0 Å². The van der Waals surface area contributed by atoms with Crippen LogP contribution in [0.4, 0.5) is 5.69 Å². The van der Waals surface area contributed by atoms with Crippen molar-refractivity contribution < 1.29 is 19.0 Å². The number of carbonyl (C=O) groups excluding carboxylic acids is 1. The fourth-order valence-corrected chi connectivity index (χ4v) is 3.53. The molecule has 0 aromatic heterocycles. The molecule has 35 heavy (non-hydrogen) atoms. The zero-order chi connectivity index (χ0) is 25.4. The van der Waals surface area contributed by atoms with E-state index in [1.807, 2.05) is 24.3 Å². The Morgan fingerprint density at radius 3 is 2.69 bits per heavy atom. The minimum absolute atomic E-state index is 0.213. The lowest BCUT2D eigenvalue weighted by atomic mass is 10.1. The molecule has 1 aliphatic rings. The minimum Gasteiger partial charge on any atom is -0.493 e. The van der Waals surface area contributed by atoms with E-state index in [-0.39, 0.29) is 5.84 Å². The number of hydrogen-bond donors (Lipinski definition) is 3. The lowest BCUT2D eigenvalue weighted by Crippen LogP contribution is -2.28. The molecule has 0 amide bonds. The first-order chi connectivity index (χ1) is 16.8. The number of nitrogens with one attached hydrogen (secondary N) is 2. The van der Waals surface area contributed by atoms with E-state index in [1.54, 1.807) is 31.3 Å². The molecule has 2 aromatic carbocycles. The minimum atomic E-state index is -0.405. The molecular weight excluding hydrogens is 468 g/mol. The number of benzene rings is 2. The number of nitrogens with two attached hydrogens (primary N) is 1. The maximum absolute atomic E-state index is 12.1. The first-order valence-electron chi connectivity index (χ1n) is 11.3. The van der Waals surface area contributed by atoms with Gasteiger partial charge in [0.2, 0.25) is 0 Å². The zero-order valence-electron chi connectivity index (χ0n) is 20.4. The quantitative estimate of drug-likeness (QED) is 0.262. The van der Waals surface area contributed by atoms with E-state index < -0.39 is 5.97 Å². The normalized spacial score (nSPS) is 14.1. The predicted octanol–water partition coefficient (Wildman–Crippen LogP) is 4.68. The molecule has 0 fully saturated rings. The fraction of sp³-hybridized carbons (Fsp3) is 0.308. The number of halogens is 1. The third-order valence-corrected chi connectivity index (χ3v) is 5.33. The summed E-state index contributed by atoms with van der Waals surface area (Å²) in [4.78, 5) is 16.6. The molecule has 1 heterocycles. The van der Waals surface area contributed by atoms with Gasteiger partial charge < -0.3 is 30.6 Å². The van der Waals surface area contributed by atoms with Crippen molar-refractivity contribution in [3.05, 3.63) is 70.5 Å². The van der Waals surface area contributed by atoms with Crippen LogP contribution in [0.3, 0.4) is 0 Å². The Balaban J connectivity index is 1.82. The number of hydrogen-bond acceptors (Lipinski definition) is 7. The van der Waals surface area contributed by atoms with Crippen molar-refractivity contribution in [3.8, 4) is 17.2 Å². The Hall–Kier alpha value is -3.65. The van der Waals surface area contributed by atoms with Gasteiger partial charge in [0, 0.05) is 25.2 Å². The molecule has 2 aromatic rings. The Morgan fingerprint density at radius 1 is 1.23 bits per heavy atom. The molecule has 186 valence electrons. The third kappa shape index (κ3) is 7.16. The van der Waals surface area contributed by atoms with Crippen molar-refractivity contribution in [1.29, 1.82) is 0 Å². The highest BCUT2D eigenvalue weighted by Gasteiger charge is 2.18. The third-order valence-electron chi connectivity index (χ3n) is 5.04. The van der Waals surface area contributed by atoms with Crippen LogP contribution in [-0.4, -0.2) is 39.1 Å². The highest BCUT2D eigenvalue weighted by Crippen LogP contribution is 2.34. The number of nitrogens with zero attached hydrogens (tertiary/aromatic N) is 1. The predicted molar refractivity (Wildman–Crippen MR) is 138 cm³/mol. The fourth-order valence-electron chi connectivity index (χ4n) is 3.31. The van der Waals surface area contributed by atoms with Crippen molar-refractivity contribution in [1.82, 2.24) is 10.6 Å². The smallest absolute Gasteiger partial charge is 0.333 e. The Kier molecular flexibility index (Phi) is 9.03. The van der Waals surface area contributed by atoms with Crippen molar-refractivity contribution >= 4 is 29.1 Å². The van der Waals surface area contributed by atoms with E-state index in [2.05, 4.69) is 29.5 Å². The van der Waals surface area contributed by atoms with E-state index in [0.717, 1.165) is 5.75 Å². The largest absolute Gasteiger partial charge is 0.493 e. The molecule has 0 spiro atoms. The van der Waals surface area contributed by atoms with Gasteiger partial charge in [-0.15, -0.1) is 0 Å². The molecule has 1 aliphatic heterocycles. The van der Waals surface area contributed by atoms with Crippen molar-refractivity contribution in [2.45, 2.75) is 20.3 Å². The number of carbonyl (C=O) groups is 1. The topological polar surface area (TPSA) is 107 Å². The molecule has 0 aliphatic carbocycles. The van der Waals surface area contributed by atoms with Gasteiger partial charge in [0.15, 0.2) is 0 Å². The summed E-state index contributed by atoms with van der Waals surface area (Å²) in [6.07, 6.45) is 2.18. The van der Waals surface area contributed by atoms with Gasteiger partial charge in [-0.05, 0) is 48.7 Å². The van der Waals surface area contributed by atoms with Gasteiger partial charge in [-0.25, -0.2) is 9.79 Å². The van der Waals surface area contributed by atoms with Crippen molar-refractivity contribution in [3.63, 3.8) is 0 Å². The van der Waals surface area contributed by atoms with Crippen LogP contribution in [0.25, 0.3) is 0 Å². The molecule has 0 atom stereocenters. The molecule has 0 bridgehead atoms. The van der Waals surface area contributed by atoms with E-state index >= 15 is 0 Å². The summed E-state index contributed by atoms with van der Waals surface area (Å²) in [5.41, 5.74) is 7.92. The number of esters is 1. The van der Waals surface area contributed by atoms with E-state index in [0.29, 0.717) is 64.7 Å². The Bertz CT molecular complexity index is 1160. The molecule has 9 heteroatoms. The van der Waals surface area contributed by atoms with Crippen LogP contribution in [0.2, 0.25) is 5.02 Å². The highest BCUT2D eigenvalue weighted by molar-refractivity contribution is 6.32. The van der Waals surface area contributed by atoms with Crippen LogP contribution in [-0.2, 0) is 9.53 Å². The summed E-state index contributed by atoms with van der Waals surface area (Å²) in [5, 5.41) is 6.65. The second-order valence-electron chi connectivity index (χ2n) is 8.27. The van der Waals surface area contributed by atoms with Crippen LogP contribution in [0, 0.1) is 5.92 Å². The van der Waals surface area contributed by atoms with E-state index in [9.17, 15) is 4.79 Å². The van der Waals surface area contributed by atoms with Gasteiger partial charge in [0.25, 0.3) is 0 Å². The summed E-state index contributed by atoms with van der Waals surface area (Å²) in [5.74, 6) is 2.71. The van der Waals surface area contributed by atoms with Gasteiger partial charge in [-0.1, -0.05) is 31.5 Å². The Labute approximate surface area is 210 Å². The molecular formula is C26H31ClN4O4. The number of aliphatic imine (C=N–C) groups is 1. The lowest BCUT2D eigenvalue weighted by Gasteiger charge is -2.13. The molecule has 0 radical (unpaired) electrons. The zero-order valence-corrected chi connectivity index (χ0v) is 21.1. The monoisotopic (exact) mass is 498 g/mol. The summed E-state index contributed by atoms with van der Waals surface area (Å²) in [6, 6.07) is 12.5. The van der Waals surface area contributed by atoms with E-state index in [1.165, 1.54) is 7.11 Å². The van der Waals surface area contributed by atoms with Crippen LogP contribution in [0.5, 0.6) is 17.2 Å². The second kappa shape index (κ2) is 12.2. The average molecular weight is 499 g/mol. The summed E-state index contributed by atoms with van der Waals surface area (Å²) in [7, 11) is 3.11. The number of amidine groups is 1. The van der Waals surface area contributed by atoms with Gasteiger partial charge in [0.05, 0.1) is 30.0 Å². The molecule has 0 unspecified atom stereocenters. The standard InChI is InChI=1S/C26H31ClN4O4/c1-16(2)15-34-19-6-5-7-20(14-19)35-23-9-8-18(13-22(23)27)31-24(28)21-12-17(26(32)33-4)10-11-30-25(21)29-3/h5-9,12-14,16,29-30H,10-11,15H2,1-4H3,(H2,28,31). The number of rotatable bonds is 9. The van der Waals surface area contributed by atoms with E-state index in [4.69, 9.17) is 31.5 Å².